The molecule has 21 heavy (non-hydrogen) atoms. The molecule has 4 unspecified atom stereocenters. The van der Waals surface area contributed by atoms with Gasteiger partial charge in [-0.25, -0.2) is 0 Å². The smallest absolute Gasteiger partial charge is 0.0269 e. The Morgan fingerprint density at radius 1 is 0.857 bits per heavy atom. The Labute approximate surface area is 130 Å². The molecule has 120 valence electrons. The summed E-state index contributed by atoms with van der Waals surface area (Å²) in [6.07, 6.45) is 13.1. The molecule has 3 nitrogen and oxygen atoms in total. The van der Waals surface area contributed by atoms with Gasteiger partial charge in [0.05, 0.1) is 0 Å². The summed E-state index contributed by atoms with van der Waals surface area (Å²) in [7, 11) is 0. The summed E-state index contributed by atoms with van der Waals surface area (Å²) in [5.41, 5.74) is 0. The Kier molecular flexibility index (Phi) is 4.25. The fraction of sp³-hybridized carbons (Fsp3) is 1.00. The summed E-state index contributed by atoms with van der Waals surface area (Å²) >= 11 is 0. The minimum absolute atomic E-state index is 0.797. The third-order valence-electron chi connectivity index (χ3n) is 6.73. The molecule has 0 radical (unpaired) electrons. The number of hydrogen-bond donors (Lipinski definition) is 1. The van der Waals surface area contributed by atoms with Crippen LogP contribution in [0, 0.1) is 0 Å². The summed E-state index contributed by atoms with van der Waals surface area (Å²) in [5.74, 6) is 0. The van der Waals surface area contributed by atoms with E-state index >= 15 is 0 Å². The van der Waals surface area contributed by atoms with Crippen LogP contribution in [0.1, 0.15) is 64.7 Å². The van der Waals surface area contributed by atoms with Crippen molar-refractivity contribution in [1.29, 1.82) is 0 Å². The van der Waals surface area contributed by atoms with Crippen LogP contribution in [0.5, 0.6) is 0 Å². The highest BCUT2D eigenvalue weighted by Gasteiger charge is 2.47. The van der Waals surface area contributed by atoms with E-state index in [4.69, 9.17) is 0 Å². The predicted octanol–water partition coefficient (Wildman–Crippen LogP) is 2.61. The Morgan fingerprint density at radius 2 is 1.67 bits per heavy atom. The summed E-state index contributed by atoms with van der Waals surface area (Å²) in [4.78, 5) is 5.85. The average molecular weight is 291 g/mol. The van der Waals surface area contributed by atoms with E-state index in [-0.39, 0.29) is 0 Å². The van der Waals surface area contributed by atoms with Crippen molar-refractivity contribution in [3.8, 4) is 0 Å². The fourth-order valence-corrected chi connectivity index (χ4v) is 5.98. The van der Waals surface area contributed by atoms with Crippen LogP contribution in [0.2, 0.25) is 0 Å². The van der Waals surface area contributed by atoms with Crippen LogP contribution in [0.3, 0.4) is 0 Å². The van der Waals surface area contributed by atoms with E-state index in [1.54, 1.807) is 0 Å². The van der Waals surface area contributed by atoms with Crippen LogP contribution in [0.4, 0.5) is 0 Å². The Balaban J connectivity index is 1.49. The first kappa shape index (κ1) is 14.5. The fourth-order valence-electron chi connectivity index (χ4n) is 5.98. The highest BCUT2D eigenvalue weighted by Crippen LogP contribution is 2.41. The molecule has 4 saturated heterocycles. The predicted molar refractivity (Wildman–Crippen MR) is 87.6 cm³/mol. The van der Waals surface area contributed by atoms with E-state index in [1.807, 2.05) is 0 Å². The molecule has 0 spiro atoms. The second-order valence-corrected chi connectivity index (χ2v) is 7.87. The zero-order valence-corrected chi connectivity index (χ0v) is 13.8. The SMILES string of the molecule is CCNC1CC2CCCC(C1)N2C1CCN2CCCCC12. The number of rotatable bonds is 3. The molecular formula is C18H33N3. The second kappa shape index (κ2) is 6.17. The largest absolute Gasteiger partial charge is 0.314 e. The zero-order valence-electron chi connectivity index (χ0n) is 13.8. The van der Waals surface area contributed by atoms with Crippen LogP contribution in [0.15, 0.2) is 0 Å². The topological polar surface area (TPSA) is 18.5 Å². The van der Waals surface area contributed by atoms with Gasteiger partial charge >= 0.3 is 0 Å². The maximum atomic E-state index is 3.74. The molecule has 3 heteroatoms. The monoisotopic (exact) mass is 291 g/mol. The van der Waals surface area contributed by atoms with Gasteiger partial charge < -0.3 is 5.32 Å². The van der Waals surface area contributed by atoms with Crippen molar-refractivity contribution >= 4 is 0 Å². The number of nitrogens with zero attached hydrogens (tertiary/aromatic N) is 2. The third kappa shape index (κ3) is 2.66. The number of nitrogens with one attached hydrogen (secondary N) is 1. The van der Waals surface area contributed by atoms with Crippen LogP contribution in [-0.4, -0.2) is 59.6 Å². The summed E-state index contributed by atoms with van der Waals surface area (Å²) in [6, 6.07) is 4.35. The molecule has 2 bridgehead atoms. The van der Waals surface area contributed by atoms with E-state index in [1.165, 1.54) is 70.9 Å². The lowest BCUT2D eigenvalue weighted by molar-refractivity contribution is -0.0257. The molecule has 1 N–H and O–H groups in total. The van der Waals surface area contributed by atoms with Crippen molar-refractivity contribution in [2.45, 2.75) is 94.9 Å². The van der Waals surface area contributed by atoms with Crippen molar-refractivity contribution in [2.75, 3.05) is 19.6 Å². The molecule has 0 aliphatic carbocycles. The van der Waals surface area contributed by atoms with Gasteiger partial charge in [-0.05, 0) is 58.0 Å². The van der Waals surface area contributed by atoms with Gasteiger partial charge in [0.2, 0.25) is 0 Å². The Bertz CT molecular complexity index is 344. The molecular weight excluding hydrogens is 258 g/mol. The van der Waals surface area contributed by atoms with E-state index in [0.29, 0.717) is 0 Å². The Morgan fingerprint density at radius 3 is 2.43 bits per heavy atom. The van der Waals surface area contributed by atoms with Gasteiger partial charge in [-0.3, -0.25) is 9.80 Å². The minimum atomic E-state index is 0.797. The van der Waals surface area contributed by atoms with E-state index in [2.05, 4.69) is 22.0 Å². The van der Waals surface area contributed by atoms with Crippen LogP contribution in [-0.2, 0) is 0 Å². The lowest BCUT2D eigenvalue weighted by Crippen LogP contribution is -2.62. The molecule has 0 saturated carbocycles. The van der Waals surface area contributed by atoms with Gasteiger partial charge in [-0.1, -0.05) is 19.8 Å². The van der Waals surface area contributed by atoms with Gasteiger partial charge in [0, 0.05) is 36.8 Å². The molecule has 4 fully saturated rings. The molecule has 0 aromatic carbocycles. The molecule has 4 heterocycles. The molecule has 4 aliphatic rings. The van der Waals surface area contributed by atoms with Crippen molar-refractivity contribution in [1.82, 2.24) is 15.1 Å². The first-order chi connectivity index (χ1) is 10.4. The van der Waals surface area contributed by atoms with Gasteiger partial charge in [0.15, 0.2) is 0 Å². The zero-order chi connectivity index (χ0) is 14.2. The van der Waals surface area contributed by atoms with Gasteiger partial charge in [0.25, 0.3) is 0 Å². The molecule has 0 aromatic rings. The highest BCUT2D eigenvalue weighted by atomic mass is 15.3. The normalized spacial score (nSPS) is 44.7. The van der Waals surface area contributed by atoms with Crippen molar-refractivity contribution in [3.63, 3.8) is 0 Å². The molecule has 0 aromatic heterocycles. The third-order valence-corrected chi connectivity index (χ3v) is 6.73. The summed E-state index contributed by atoms with van der Waals surface area (Å²) < 4.78 is 0. The number of fused-ring (bicyclic) bond motifs is 3. The number of piperidine rings is 3. The molecule has 4 aliphatic heterocycles. The van der Waals surface area contributed by atoms with Crippen LogP contribution in [0.25, 0.3) is 0 Å². The summed E-state index contributed by atoms with van der Waals surface area (Å²) in [5, 5.41) is 3.74. The average Bonchev–Trinajstić information content (AvgIpc) is 2.90. The first-order valence-corrected chi connectivity index (χ1v) is 9.61. The van der Waals surface area contributed by atoms with Gasteiger partial charge in [0.1, 0.15) is 0 Å². The maximum absolute atomic E-state index is 3.74. The standard InChI is InChI=1S/C18H33N3/c1-2-19-14-12-15-6-5-7-16(13-14)21(15)18-9-11-20-10-4-3-8-17(18)20/h14-19H,2-13H2,1H3. The maximum Gasteiger partial charge on any atom is 0.0269 e. The molecule has 4 atom stereocenters. The second-order valence-electron chi connectivity index (χ2n) is 7.87. The molecule has 4 rings (SSSR count). The van der Waals surface area contributed by atoms with Crippen LogP contribution < -0.4 is 5.32 Å². The highest BCUT2D eigenvalue weighted by molar-refractivity contribution is 5.04. The lowest BCUT2D eigenvalue weighted by atomic mass is 9.79. The molecule has 0 amide bonds. The first-order valence-electron chi connectivity index (χ1n) is 9.61. The van der Waals surface area contributed by atoms with Crippen molar-refractivity contribution < 1.29 is 0 Å². The van der Waals surface area contributed by atoms with Gasteiger partial charge in [-0.15, -0.1) is 0 Å². The van der Waals surface area contributed by atoms with Gasteiger partial charge in [-0.2, -0.15) is 0 Å². The van der Waals surface area contributed by atoms with E-state index in [9.17, 15) is 0 Å². The van der Waals surface area contributed by atoms with Crippen LogP contribution >= 0.6 is 0 Å². The Hall–Kier alpha value is -0.120. The number of hydrogen-bond acceptors (Lipinski definition) is 3. The minimum Gasteiger partial charge on any atom is -0.314 e. The van der Waals surface area contributed by atoms with Crippen molar-refractivity contribution in [2.24, 2.45) is 0 Å². The summed E-state index contributed by atoms with van der Waals surface area (Å²) in [6.45, 7) is 6.16. The lowest BCUT2D eigenvalue weighted by Gasteiger charge is -2.53. The van der Waals surface area contributed by atoms with E-state index < -0.39 is 0 Å². The quantitative estimate of drug-likeness (QED) is 0.862. The van der Waals surface area contributed by atoms with E-state index in [0.717, 1.165) is 36.8 Å². The van der Waals surface area contributed by atoms with Crippen molar-refractivity contribution in [3.05, 3.63) is 0 Å².